The number of hydroxylamine groups is 1. The molecule has 5 N–H and O–H groups in total. The average Bonchev–Trinajstić information content (AvgIpc) is 4.25. The fraction of sp³-hybridized carbons (Fsp3) is 0.400. The number of nitrogens with two attached hydrogens (primary N) is 1. The second kappa shape index (κ2) is 37.3. The Balaban J connectivity index is 0.000000365. The van der Waals surface area contributed by atoms with Crippen molar-refractivity contribution in [1.29, 1.82) is 0 Å². The van der Waals surface area contributed by atoms with Crippen LogP contribution in [0.4, 0.5) is 59.1 Å². The lowest BCUT2D eigenvalue weighted by Crippen LogP contribution is -2.20. The minimum Gasteiger partial charge on any atom is -0.466 e. The van der Waals surface area contributed by atoms with Crippen LogP contribution in [-0.2, 0) is 14.3 Å². The van der Waals surface area contributed by atoms with Crippen molar-refractivity contribution in [3.63, 3.8) is 0 Å². The van der Waals surface area contributed by atoms with Crippen molar-refractivity contribution in [2.75, 3.05) is 40.5 Å². The van der Waals surface area contributed by atoms with E-state index in [9.17, 15) is 27.2 Å². The predicted octanol–water partition coefficient (Wildman–Crippen LogP) is 10.9. The van der Waals surface area contributed by atoms with Crippen molar-refractivity contribution in [2.45, 2.75) is 114 Å². The zero-order valence-corrected chi connectivity index (χ0v) is 44.7. The Labute approximate surface area is 467 Å². The third-order valence-electron chi connectivity index (χ3n) is 9.67. The predicted molar refractivity (Wildman–Crippen MR) is 289 cm³/mol. The van der Waals surface area contributed by atoms with Gasteiger partial charge in [0, 0.05) is 25.9 Å². The Morgan fingerprint density at radius 3 is 1.40 bits per heavy atom. The number of unbranched alkanes of at least 4 members (excludes halogenated alkanes) is 6. The zero-order chi connectivity index (χ0) is 56.7. The topological polar surface area (TPSA) is 327 Å². The van der Waals surface area contributed by atoms with Gasteiger partial charge in [0.1, 0.15) is 45.3 Å². The summed E-state index contributed by atoms with van der Waals surface area (Å²) in [5.74, 6) is 1.61. The molecule has 8 aromatic heterocycles. The number of nitrogens with one attached hydrogen (secondary N) is 2. The molecular weight excluding hydrogens is 1120 g/mol. The van der Waals surface area contributed by atoms with Crippen LogP contribution in [-0.4, -0.2) is 97.3 Å². The lowest BCUT2D eigenvalue weighted by molar-refractivity contribution is -0.143. The quantitative estimate of drug-likeness (QED) is 0.0130. The van der Waals surface area contributed by atoms with Crippen LogP contribution in [0.25, 0.3) is 0 Å². The summed E-state index contributed by atoms with van der Waals surface area (Å²) in [6.45, 7) is 10.3. The standard InChI is InChI=1S/C17H23FN4O3.C15H20FN5O3.C8H7FN4O.C5H3BrFN.C3H5N3O.2CH4/c1-3-24-16(23)8-6-4-5-7-11-22(17-20-13(2)21-25-17)15-10-9-14(18)12-19-15;1-11-18-15(24-20-11)21(13-8-7-12(16)10-17-13)9-5-3-2-4-6-14(22)19-23;1-5-11-8(14-13-5)12-7-3-2-6(9)4-10-7;6-5-2-1-4(7)3-8-5;1-2-5-3(4)7-6-2;;/h9-10,12H,3-8,11H2,1-2H3;7-8,10,23H,2-6,9H2,1H3,(H,19,22);2-4H,1H3,(H,10,11,12,13);1-3H;1H3,(H2,4,5,6);2*1H4. The molecule has 0 aromatic carbocycles. The largest absolute Gasteiger partial charge is 0.466 e. The summed E-state index contributed by atoms with van der Waals surface area (Å²) in [5.41, 5.74) is 6.65. The highest BCUT2D eigenvalue weighted by molar-refractivity contribution is 9.10. The number of ether oxygens (including phenoxy) is 1. The maximum absolute atomic E-state index is 13.1. The van der Waals surface area contributed by atoms with Gasteiger partial charge in [-0.25, -0.2) is 43.0 Å². The molecule has 0 spiro atoms. The maximum atomic E-state index is 13.1. The molecule has 0 unspecified atom stereocenters. The molecule has 80 heavy (non-hydrogen) atoms. The first-order valence-corrected chi connectivity index (χ1v) is 24.8. The fourth-order valence-corrected chi connectivity index (χ4v) is 6.37. The third-order valence-corrected chi connectivity index (χ3v) is 10.1. The highest BCUT2D eigenvalue weighted by Crippen LogP contribution is 2.24. The van der Waals surface area contributed by atoms with E-state index in [1.54, 1.807) is 68.1 Å². The second-order valence-electron chi connectivity index (χ2n) is 16.0. The average molecular weight is 1190 g/mol. The Bertz CT molecular complexity index is 2900. The Morgan fingerprint density at radius 1 is 0.588 bits per heavy atom. The molecule has 0 aliphatic carbocycles. The number of carbonyl (C=O) groups is 2. The molecule has 8 rings (SSSR count). The van der Waals surface area contributed by atoms with Gasteiger partial charge in [-0.1, -0.05) is 61.2 Å². The van der Waals surface area contributed by atoms with E-state index in [0.717, 1.165) is 69.7 Å². The first kappa shape index (κ1) is 67.6. The molecule has 0 aliphatic rings. The van der Waals surface area contributed by atoms with Crippen LogP contribution in [0.2, 0.25) is 0 Å². The number of esters is 1. The number of nitrogens with zero attached hydrogens (tertiary/aromatic N) is 14. The van der Waals surface area contributed by atoms with Crippen LogP contribution >= 0.6 is 15.9 Å². The number of hydrogen-bond acceptors (Lipinski definition) is 24. The van der Waals surface area contributed by atoms with Crippen LogP contribution in [0.3, 0.4) is 0 Å². The van der Waals surface area contributed by atoms with Crippen molar-refractivity contribution < 1.29 is 55.2 Å². The van der Waals surface area contributed by atoms with Gasteiger partial charge in [0.15, 0.2) is 23.3 Å². The van der Waals surface area contributed by atoms with Gasteiger partial charge in [0.25, 0.3) is 0 Å². The van der Waals surface area contributed by atoms with Gasteiger partial charge >= 0.3 is 30.0 Å². The summed E-state index contributed by atoms with van der Waals surface area (Å²) in [5, 5.41) is 25.7. The molecular formula is C50H66BrF4N17O8. The van der Waals surface area contributed by atoms with Gasteiger partial charge in [-0.15, -0.1) is 0 Å². The molecule has 0 atom stereocenters. The Hall–Kier alpha value is -8.54. The van der Waals surface area contributed by atoms with E-state index in [4.69, 9.17) is 29.2 Å². The molecule has 0 bridgehead atoms. The van der Waals surface area contributed by atoms with Crippen molar-refractivity contribution in [3.05, 3.63) is 124 Å². The van der Waals surface area contributed by atoms with Gasteiger partial charge in [-0.3, -0.25) is 29.9 Å². The molecule has 30 heteroatoms. The Kier molecular flexibility index (Phi) is 31.5. The van der Waals surface area contributed by atoms with Gasteiger partial charge in [0.2, 0.25) is 5.91 Å². The molecule has 25 nitrogen and oxygen atoms in total. The third kappa shape index (κ3) is 26.7. The van der Waals surface area contributed by atoms with E-state index < -0.39 is 17.5 Å². The normalized spacial score (nSPS) is 10.0. The van der Waals surface area contributed by atoms with E-state index >= 15 is 0 Å². The SMILES string of the molecule is C.C.CCOC(=O)CCCCCCN(c1ccc(F)cn1)c1nc(C)no1.Cc1noc(N(CCCCCCC(=O)NO)c2ccc(F)cn2)n1.Cc1noc(N)n1.Cc1noc(Nc2ccc(F)cn2)n1.Fc1ccc(Br)nc1. The monoisotopic (exact) mass is 1190 g/mol. The lowest BCUT2D eigenvalue weighted by atomic mass is 10.1. The smallest absolute Gasteiger partial charge is 0.329 e. The van der Waals surface area contributed by atoms with Crippen molar-refractivity contribution in [3.8, 4) is 0 Å². The number of carbonyl (C=O) groups excluding carboxylic acids is 2. The molecule has 0 radical (unpaired) electrons. The second-order valence-corrected chi connectivity index (χ2v) is 16.8. The fourth-order valence-electron chi connectivity index (χ4n) is 6.13. The highest BCUT2D eigenvalue weighted by atomic mass is 79.9. The van der Waals surface area contributed by atoms with Crippen LogP contribution in [0.5, 0.6) is 0 Å². The number of amides is 1. The number of pyridine rings is 4. The molecule has 0 fully saturated rings. The number of aryl methyl sites for hydroxylation is 4. The lowest BCUT2D eigenvalue weighted by Gasteiger charge is -2.18. The summed E-state index contributed by atoms with van der Waals surface area (Å²) in [7, 11) is 0. The number of nitrogen functional groups attached to an aromatic ring is 1. The molecule has 8 heterocycles. The maximum Gasteiger partial charge on any atom is 0.329 e. The van der Waals surface area contributed by atoms with Gasteiger partial charge < -0.3 is 28.6 Å². The first-order chi connectivity index (χ1) is 37.5. The number of halogens is 5. The zero-order valence-electron chi connectivity index (χ0n) is 43.2. The minimum absolute atomic E-state index is 0. The van der Waals surface area contributed by atoms with E-state index in [-0.39, 0.29) is 44.6 Å². The van der Waals surface area contributed by atoms with Crippen LogP contribution < -0.4 is 26.3 Å². The molecule has 0 aliphatic heterocycles. The van der Waals surface area contributed by atoms with Crippen LogP contribution in [0.15, 0.2) is 96.0 Å². The summed E-state index contributed by atoms with van der Waals surface area (Å²) in [6.07, 6.45) is 12.0. The van der Waals surface area contributed by atoms with E-state index in [1.807, 2.05) is 0 Å². The number of anilines is 7. The van der Waals surface area contributed by atoms with E-state index in [1.165, 1.54) is 30.3 Å². The number of rotatable bonds is 21. The summed E-state index contributed by atoms with van der Waals surface area (Å²) < 4.78 is 75.8. The van der Waals surface area contributed by atoms with E-state index in [2.05, 4.69) is 86.3 Å². The highest BCUT2D eigenvalue weighted by Gasteiger charge is 2.18. The summed E-state index contributed by atoms with van der Waals surface area (Å²) >= 11 is 3.07. The van der Waals surface area contributed by atoms with Gasteiger partial charge in [-0.05, 0) is 125 Å². The Morgan fingerprint density at radius 2 is 1.04 bits per heavy atom. The molecule has 8 aromatic rings. The van der Waals surface area contributed by atoms with Crippen molar-refractivity contribution in [1.82, 2.24) is 66.0 Å². The summed E-state index contributed by atoms with van der Waals surface area (Å²) in [4.78, 5) is 57.2. The van der Waals surface area contributed by atoms with Crippen molar-refractivity contribution >= 4 is 69.3 Å². The number of hydrogen-bond donors (Lipinski definition) is 4. The first-order valence-electron chi connectivity index (χ1n) is 24.0. The van der Waals surface area contributed by atoms with Crippen molar-refractivity contribution in [2.24, 2.45) is 0 Å². The van der Waals surface area contributed by atoms with Gasteiger partial charge in [-0.2, -0.15) is 19.9 Å². The van der Waals surface area contributed by atoms with Gasteiger partial charge in [0.05, 0.1) is 31.4 Å². The molecule has 434 valence electrons. The van der Waals surface area contributed by atoms with Crippen LogP contribution in [0, 0.1) is 51.0 Å². The minimum atomic E-state index is -0.414. The summed E-state index contributed by atoms with van der Waals surface area (Å²) in [6, 6.07) is 12.5. The van der Waals surface area contributed by atoms with Crippen LogP contribution in [0.1, 0.15) is 109 Å². The molecule has 0 saturated carbocycles. The number of aromatic nitrogens is 12. The molecule has 1 amide bonds. The molecule has 0 saturated heterocycles. The van der Waals surface area contributed by atoms with E-state index in [0.29, 0.717) is 96.3 Å².